The van der Waals surface area contributed by atoms with E-state index in [0.717, 1.165) is 45.1 Å². The van der Waals surface area contributed by atoms with Gasteiger partial charge < -0.3 is 25.2 Å². The van der Waals surface area contributed by atoms with Crippen molar-refractivity contribution in [3.63, 3.8) is 0 Å². The van der Waals surface area contributed by atoms with Crippen LogP contribution in [0.3, 0.4) is 0 Å². The number of carbonyl (C=O) groups is 1. The fourth-order valence-electron chi connectivity index (χ4n) is 3.50. The Labute approximate surface area is 201 Å². The summed E-state index contributed by atoms with van der Waals surface area (Å²) in [6.07, 6.45) is 1.72. The summed E-state index contributed by atoms with van der Waals surface area (Å²) >= 11 is 0. The number of nitrogens with one attached hydrogen (secondary N) is 2. The molecule has 0 saturated carbocycles. The van der Waals surface area contributed by atoms with Crippen LogP contribution in [0.4, 0.5) is 4.79 Å². The first-order valence-electron chi connectivity index (χ1n) is 11.3. The predicted molar refractivity (Wildman–Crippen MR) is 137 cm³/mol. The Hall–Kier alpha value is -0.770. The van der Waals surface area contributed by atoms with E-state index in [1.54, 1.807) is 0 Å². The number of alkyl carbamates (subject to hydrolysis) is 1. The number of halogens is 1. The number of likely N-dealkylation sites (tertiary alicyclic amines) is 1. The lowest BCUT2D eigenvalue weighted by molar-refractivity contribution is 0.0486. The largest absolute Gasteiger partial charge is 0.444 e. The summed E-state index contributed by atoms with van der Waals surface area (Å²) in [6, 6.07) is 0.0584. The Kier molecular flexibility index (Phi) is 14.0. The van der Waals surface area contributed by atoms with Gasteiger partial charge in [0, 0.05) is 39.3 Å². The van der Waals surface area contributed by atoms with Crippen LogP contribution in [0, 0.1) is 11.8 Å². The average molecular weight is 540 g/mol. The minimum absolute atomic E-state index is 0. The molecule has 2 atom stereocenters. The zero-order chi connectivity index (χ0) is 22.0. The molecule has 1 rings (SSSR count). The smallest absolute Gasteiger partial charge is 0.407 e. The third-order valence-electron chi connectivity index (χ3n) is 5.30. The Morgan fingerprint density at radius 1 is 1.30 bits per heavy atom. The number of rotatable bonds is 9. The summed E-state index contributed by atoms with van der Waals surface area (Å²) in [5.74, 6) is 1.92. The lowest BCUT2D eigenvalue weighted by Crippen LogP contribution is -2.45. The predicted octanol–water partition coefficient (Wildman–Crippen LogP) is 3.78. The fraction of sp³-hybridized carbons (Fsp3) is 0.909. The lowest BCUT2D eigenvalue weighted by Gasteiger charge is -2.28. The molecule has 2 unspecified atom stereocenters. The van der Waals surface area contributed by atoms with E-state index in [1.807, 2.05) is 20.8 Å². The van der Waals surface area contributed by atoms with Crippen molar-refractivity contribution in [3.05, 3.63) is 0 Å². The van der Waals surface area contributed by atoms with E-state index >= 15 is 0 Å². The molecule has 178 valence electrons. The molecule has 2 N–H and O–H groups in total. The minimum Gasteiger partial charge on any atom is -0.444 e. The van der Waals surface area contributed by atoms with Gasteiger partial charge in [-0.2, -0.15) is 0 Å². The van der Waals surface area contributed by atoms with Gasteiger partial charge in [-0.3, -0.25) is 4.99 Å². The van der Waals surface area contributed by atoms with Gasteiger partial charge in [0.25, 0.3) is 0 Å². The van der Waals surface area contributed by atoms with Crippen LogP contribution < -0.4 is 10.6 Å². The highest BCUT2D eigenvalue weighted by molar-refractivity contribution is 14.0. The zero-order valence-electron chi connectivity index (χ0n) is 20.5. The van der Waals surface area contributed by atoms with Crippen LogP contribution in [0.25, 0.3) is 0 Å². The molecule has 7 nitrogen and oxygen atoms in total. The van der Waals surface area contributed by atoms with Gasteiger partial charge in [0.1, 0.15) is 5.60 Å². The van der Waals surface area contributed by atoms with Crippen LogP contribution in [0.1, 0.15) is 61.3 Å². The molecule has 0 aromatic heterocycles. The summed E-state index contributed by atoms with van der Waals surface area (Å²) in [7, 11) is 2.07. The number of nitrogens with zero attached hydrogens (tertiary/aromatic N) is 3. The van der Waals surface area contributed by atoms with Gasteiger partial charge in [0.15, 0.2) is 5.96 Å². The number of hydrogen-bond donors (Lipinski definition) is 2. The zero-order valence-corrected chi connectivity index (χ0v) is 22.8. The molecule has 0 aromatic rings. The van der Waals surface area contributed by atoms with Crippen LogP contribution in [-0.2, 0) is 4.74 Å². The molecular formula is C22H46IN5O2. The maximum absolute atomic E-state index is 12.2. The van der Waals surface area contributed by atoms with Gasteiger partial charge in [0.2, 0.25) is 0 Å². The third-order valence-corrected chi connectivity index (χ3v) is 5.30. The molecule has 30 heavy (non-hydrogen) atoms. The number of hydrogen-bond acceptors (Lipinski definition) is 4. The Bertz CT molecular complexity index is 522. The van der Waals surface area contributed by atoms with E-state index in [1.165, 1.54) is 13.0 Å². The van der Waals surface area contributed by atoms with Gasteiger partial charge in [0.05, 0.1) is 0 Å². The summed E-state index contributed by atoms with van der Waals surface area (Å²) in [5.41, 5.74) is -0.485. The van der Waals surface area contributed by atoms with E-state index in [4.69, 9.17) is 9.73 Å². The maximum atomic E-state index is 12.2. The second-order valence-corrected chi connectivity index (χ2v) is 9.45. The van der Waals surface area contributed by atoms with Crippen LogP contribution in [0.5, 0.6) is 0 Å². The van der Waals surface area contributed by atoms with Crippen molar-refractivity contribution in [2.24, 2.45) is 16.8 Å². The summed E-state index contributed by atoms with van der Waals surface area (Å²) in [6.45, 7) is 20.2. The SMILES string of the molecule is CCNC(=NCC1CCN(CC)C1)N(C)CCC(NC(=O)OC(C)(C)C)C(C)C.I. The van der Waals surface area contributed by atoms with Crippen molar-refractivity contribution < 1.29 is 9.53 Å². The molecule has 0 aliphatic carbocycles. The monoisotopic (exact) mass is 539 g/mol. The Morgan fingerprint density at radius 2 is 1.97 bits per heavy atom. The lowest BCUT2D eigenvalue weighted by atomic mass is 10.0. The van der Waals surface area contributed by atoms with Crippen molar-refractivity contribution >= 4 is 36.0 Å². The standard InChI is InChI=1S/C22H45N5O2.HI/c1-9-23-20(24-15-18-11-14-27(10-2)16-18)26(8)13-12-19(17(3)4)25-21(28)29-22(5,6)7;/h17-19H,9-16H2,1-8H3,(H,23,24)(H,25,28);1H. The highest BCUT2D eigenvalue weighted by atomic mass is 127. The number of carbonyl (C=O) groups excluding carboxylic acids is 1. The molecule has 1 saturated heterocycles. The van der Waals surface area contributed by atoms with Crippen LogP contribution in [0.2, 0.25) is 0 Å². The number of guanidine groups is 1. The van der Waals surface area contributed by atoms with Gasteiger partial charge in [-0.05, 0) is 65.5 Å². The fourth-order valence-corrected chi connectivity index (χ4v) is 3.50. The first-order valence-corrected chi connectivity index (χ1v) is 11.3. The second kappa shape index (κ2) is 14.3. The van der Waals surface area contributed by atoms with Crippen molar-refractivity contribution in [1.29, 1.82) is 0 Å². The molecule has 0 aromatic carbocycles. The molecule has 1 amide bonds. The van der Waals surface area contributed by atoms with Crippen LogP contribution in [-0.4, -0.2) is 79.8 Å². The molecule has 1 aliphatic rings. The molecule has 1 fully saturated rings. The normalized spacial score (nSPS) is 18.7. The first-order chi connectivity index (χ1) is 13.6. The van der Waals surface area contributed by atoms with Gasteiger partial charge in [-0.1, -0.05) is 20.8 Å². The van der Waals surface area contributed by atoms with E-state index in [9.17, 15) is 4.79 Å². The topological polar surface area (TPSA) is 69.2 Å². The summed E-state index contributed by atoms with van der Waals surface area (Å²) in [4.78, 5) is 21.7. The van der Waals surface area contributed by atoms with E-state index in [0.29, 0.717) is 11.8 Å². The molecule has 0 bridgehead atoms. The van der Waals surface area contributed by atoms with Gasteiger partial charge >= 0.3 is 6.09 Å². The summed E-state index contributed by atoms with van der Waals surface area (Å²) < 4.78 is 5.42. The van der Waals surface area contributed by atoms with Crippen molar-refractivity contribution in [2.45, 2.75) is 73.0 Å². The van der Waals surface area contributed by atoms with E-state index < -0.39 is 5.60 Å². The number of aliphatic imine (C=N–C) groups is 1. The molecule has 1 heterocycles. The van der Waals surface area contributed by atoms with Gasteiger partial charge in [-0.25, -0.2) is 4.79 Å². The number of ether oxygens (including phenoxy) is 1. The van der Waals surface area contributed by atoms with Crippen LogP contribution in [0.15, 0.2) is 4.99 Å². The molecule has 8 heteroatoms. The summed E-state index contributed by atoms with van der Waals surface area (Å²) in [5, 5.41) is 6.44. The van der Waals surface area contributed by atoms with Gasteiger partial charge in [-0.15, -0.1) is 24.0 Å². The highest BCUT2D eigenvalue weighted by Crippen LogP contribution is 2.16. The van der Waals surface area contributed by atoms with E-state index in [-0.39, 0.29) is 36.1 Å². The molecule has 1 aliphatic heterocycles. The van der Waals surface area contributed by atoms with Crippen molar-refractivity contribution in [2.75, 3.05) is 46.3 Å². The van der Waals surface area contributed by atoms with Crippen molar-refractivity contribution in [3.8, 4) is 0 Å². The maximum Gasteiger partial charge on any atom is 0.407 e. The van der Waals surface area contributed by atoms with Crippen molar-refractivity contribution in [1.82, 2.24) is 20.4 Å². The quantitative estimate of drug-likeness (QED) is 0.265. The van der Waals surface area contributed by atoms with Crippen LogP contribution >= 0.6 is 24.0 Å². The minimum atomic E-state index is -0.485. The molecular weight excluding hydrogens is 493 g/mol. The highest BCUT2D eigenvalue weighted by Gasteiger charge is 2.23. The second-order valence-electron chi connectivity index (χ2n) is 9.45. The molecule has 0 spiro atoms. The first kappa shape index (κ1) is 29.2. The average Bonchev–Trinajstić information content (AvgIpc) is 3.08. The Balaban J connectivity index is 0.00000841. The van der Waals surface area contributed by atoms with E-state index in [2.05, 4.69) is 55.2 Å². The molecule has 0 radical (unpaired) electrons. The Morgan fingerprint density at radius 3 is 2.47 bits per heavy atom. The number of amides is 1. The third kappa shape index (κ3) is 11.6.